The van der Waals surface area contributed by atoms with Crippen molar-refractivity contribution in [3.63, 3.8) is 0 Å². The van der Waals surface area contributed by atoms with Crippen LogP contribution in [-0.2, 0) is 6.42 Å². The first-order valence-electron chi connectivity index (χ1n) is 5.59. The maximum absolute atomic E-state index is 3.41. The molecular formula is C13H19N. The molecule has 0 bridgehead atoms. The molecule has 1 aromatic carbocycles. The van der Waals surface area contributed by atoms with Crippen molar-refractivity contribution >= 4 is 0 Å². The van der Waals surface area contributed by atoms with Crippen molar-refractivity contribution in [1.29, 1.82) is 0 Å². The summed E-state index contributed by atoms with van der Waals surface area (Å²) in [6.45, 7) is 4.69. The van der Waals surface area contributed by atoms with Crippen molar-refractivity contribution in [3.8, 4) is 0 Å². The van der Waals surface area contributed by atoms with Crippen LogP contribution in [0.4, 0.5) is 0 Å². The van der Waals surface area contributed by atoms with Gasteiger partial charge in [0.05, 0.1) is 0 Å². The third kappa shape index (κ3) is 1.98. The van der Waals surface area contributed by atoms with E-state index in [1.165, 1.54) is 37.9 Å². The van der Waals surface area contributed by atoms with Gasteiger partial charge in [-0.3, -0.25) is 0 Å². The molecule has 1 aliphatic heterocycles. The van der Waals surface area contributed by atoms with Crippen LogP contribution in [0.2, 0.25) is 0 Å². The van der Waals surface area contributed by atoms with Crippen LogP contribution in [0, 0.1) is 5.41 Å². The SMILES string of the molecule is CCCC1(Cc2ccccc2)CNC1. The average Bonchev–Trinajstić information content (AvgIpc) is 2.16. The van der Waals surface area contributed by atoms with Gasteiger partial charge in [-0.2, -0.15) is 0 Å². The fourth-order valence-corrected chi connectivity index (χ4v) is 2.43. The standard InChI is InChI=1S/C13H19N/c1-2-8-13(10-14-11-13)9-12-6-4-3-5-7-12/h3-7,14H,2,8-11H2,1H3. The second-order valence-corrected chi connectivity index (χ2v) is 4.52. The molecule has 1 heteroatoms. The summed E-state index contributed by atoms with van der Waals surface area (Å²) in [5.41, 5.74) is 2.05. The zero-order valence-corrected chi connectivity index (χ0v) is 8.92. The zero-order valence-electron chi connectivity index (χ0n) is 8.92. The summed E-state index contributed by atoms with van der Waals surface area (Å²) < 4.78 is 0. The molecule has 14 heavy (non-hydrogen) atoms. The molecule has 76 valence electrons. The van der Waals surface area contributed by atoms with Gasteiger partial charge in [0.25, 0.3) is 0 Å². The highest BCUT2D eigenvalue weighted by Crippen LogP contribution is 2.32. The zero-order chi connectivity index (χ0) is 9.86. The van der Waals surface area contributed by atoms with E-state index in [-0.39, 0.29) is 0 Å². The first-order chi connectivity index (χ1) is 6.85. The summed E-state index contributed by atoms with van der Waals surface area (Å²) >= 11 is 0. The van der Waals surface area contributed by atoms with E-state index in [1.54, 1.807) is 0 Å². The molecular weight excluding hydrogens is 170 g/mol. The lowest BCUT2D eigenvalue weighted by atomic mass is 9.73. The summed E-state index contributed by atoms with van der Waals surface area (Å²) in [7, 11) is 0. The van der Waals surface area contributed by atoms with E-state index in [9.17, 15) is 0 Å². The summed E-state index contributed by atoms with van der Waals surface area (Å²) in [4.78, 5) is 0. The van der Waals surface area contributed by atoms with Crippen LogP contribution in [0.1, 0.15) is 25.3 Å². The van der Waals surface area contributed by atoms with Crippen molar-refractivity contribution in [1.82, 2.24) is 5.32 Å². The normalized spacial score (nSPS) is 18.9. The molecule has 0 amide bonds. The quantitative estimate of drug-likeness (QED) is 0.767. The van der Waals surface area contributed by atoms with E-state index in [0.29, 0.717) is 5.41 Å². The van der Waals surface area contributed by atoms with Crippen LogP contribution < -0.4 is 5.32 Å². The Labute approximate surface area is 86.5 Å². The maximum Gasteiger partial charge on any atom is 0.00234 e. The Morgan fingerprint density at radius 2 is 1.93 bits per heavy atom. The second-order valence-electron chi connectivity index (χ2n) is 4.52. The van der Waals surface area contributed by atoms with Crippen LogP contribution in [-0.4, -0.2) is 13.1 Å². The summed E-state index contributed by atoms with van der Waals surface area (Å²) in [6, 6.07) is 10.9. The van der Waals surface area contributed by atoms with Crippen molar-refractivity contribution in [2.24, 2.45) is 5.41 Å². The van der Waals surface area contributed by atoms with Gasteiger partial charge in [-0.15, -0.1) is 0 Å². The van der Waals surface area contributed by atoms with Gasteiger partial charge in [-0.25, -0.2) is 0 Å². The molecule has 0 radical (unpaired) electrons. The van der Waals surface area contributed by atoms with Crippen molar-refractivity contribution in [2.75, 3.05) is 13.1 Å². The monoisotopic (exact) mass is 189 g/mol. The van der Waals surface area contributed by atoms with Gasteiger partial charge < -0.3 is 5.32 Å². The fraction of sp³-hybridized carbons (Fsp3) is 0.538. The van der Waals surface area contributed by atoms with E-state index in [2.05, 4.69) is 42.6 Å². The molecule has 0 aromatic heterocycles. The largest absolute Gasteiger partial charge is 0.316 e. The molecule has 1 aliphatic rings. The number of benzene rings is 1. The predicted molar refractivity (Wildman–Crippen MR) is 60.4 cm³/mol. The smallest absolute Gasteiger partial charge is 0.00234 e. The molecule has 1 fully saturated rings. The fourth-order valence-electron chi connectivity index (χ4n) is 2.43. The molecule has 1 nitrogen and oxygen atoms in total. The van der Waals surface area contributed by atoms with E-state index in [4.69, 9.17) is 0 Å². The number of hydrogen-bond donors (Lipinski definition) is 1. The minimum atomic E-state index is 0.566. The topological polar surface area (TPSA) is 12.0 Å². The molecule has 1 saturated heterocycles. The first-order valence-corrected chi connectivity index (χ1v) is 5.59. The highest BCUT2D eigenvalue weighted by atomic mass is 15.0. The maximum atomic E-state index is 3.41. The summed E-state index contributed by atoms with van der Waals surface area (Å²) in [6.07, 6.45) is 3.90. The van der Waals surface area contributed by atoms with Gasteiger partial charge in [-0.1, -0.05) is 43.7 Å². The minimum Gasteiger partial charge on any atom is -0.316 e. The van der Waals surface area contributed by atoms with E-state index >= 15 is 0 Å². The van der Waals surface area contributed by atoms with Gasteiger partial charge in [0, 0.05) is 13.1 Å². The van der Waals surface area contributed by atoms with E-state index in [1.807, 2.05) is 0 Å². The van der Waals surface area contributed by atoms with Crippen LogP contribution in [0.15, 0.2) is 30.3 Å². The number of hydrogen-bond acceptors (Lipinski definition) is 1. The number of rotatable bonds is 4. The molecule has 0 aliphatic carbocycles. The Kier molecular flexibility index (Phi) is 2.87. The average molecular weight is 189 g/mol. The van der Waals surface area contributed by atoms with Gasteiger partial charge in [0.15, 0.2) is 0 Å². The summed E-state index contributed by atoms with van der Waals surface area (Å²) in [5, 5.41) is 3.41. The molecule has 0 atom stereocenters. The van der Waals surface area contributed by atoms with Gasteiger partial charge in [0.1, 0.15) is 0 Å². The van der Waals surface area contributed by atoms with Crippen molar-refractivity contribution in [3.05, 3.63) is 35.9 Å². The first kappa shape index (κ1) is 9.72. The Balaban J connectivity index is 2.01. The second kappa shape index (κ2) is 4.14. The van der Waals surface area contributed by atoms with Gasteiger partial charge in [0.2, 0.25) is 0 Å². The minimum absolute atomic E-state index is 0.566. The highest BCUT2D eigenvalue weighted by Gasteiger charge is 2.35. The van der Waals surface area contributed by atoms with Gasteiger partial charge in [-0.05, 0) is 23.8 Å². The van der Waals surface area contributed by atoms with Crippen LogP contribution >= 0.6 is 0 Å². The van der Waals surface area contributed by atoms with Crippen LogP contribution in [0.3, 0.4) is 0 Å². The molecule has 1 aromatic rings. The molecule has 1 N–H and O–H groups in total. The van der Waals surface area contributed by atoms with E-state index < -0.39 is 0 Å². The predicted octanol–water partition coefficient (Wildman–Crippen LogP) is 2.62. The Morgan fingerprint density at radius 3 is 2.43 bits per heavy atom. The van der Waals surface area contributed by atoms with Crippen LogP contribution in [0.25, 0.3) is 0 Å². The van der Waals surface area contributed by atoms with Crippen molar-refractivity contribution in [2.45, 2.75) is 26.2 Å². The molecule has 0 unspecified atom stereocenters. The lowest BCUT2D eigenvalue weighted by molar-refractivity contribution is 0.151. The summed E-state index contributed by atoms with van der Waals surface area (Å²) in [5.74, 6) is 0. The third-order valence-corrected chi connectivity index (χ3v) is 3.20. The Bertz CT molecular complexity index is 275. The van der Waals surface area contributed by atoms with Gasteiger partial charge >= 0.3 is 0 Å². The lowest BCUT2D eigenvalue weighted by Gasteiger charge is -2.43. The number of nitrogens with one attached hydrogen (secondary N) is 1. The molecule has 0 saturated carbocycles. The lowest BCUT2D eigenvalue weighted by Crippen LogP contribution is -2.54. The highest BCUT2D eigenvalue weighted by molar-refractivity contribution is 5.18. The van der Waals surface area contributed by atoms with Crippen LogP contribution in [0.5, 0.6) is 0 Å². The Morgan fingerprint density at radius 1 is 1.21 bits per heavy atom. The Hall–Kier alpha value is -0.820. The molecule has 2 rings (SSSR count). The van der Waals surface area contributed by atoms with Crippen molar-refractivity contribution < 1.29 is 0 Å². The molecule has 0 spiro atoms. The molecule has 1 heterocycles. The third-order valence-electron chi connectivity index (χ3n) is 3.20. The van der Waals surface area contributed by atoms with E-state index in [0.717, 1.165) is 0 Å².